The van der Waals surface area contributed by atoms with E-state index < -0.39 is 15.7 Å². The molecule has 2 aromatic heterocycles. The molecule has 1 aromatic carbocycles. The van der Waals surface area contributed by atoms with Crippen LogP contribution in [0, 0.1) is 12.7 Å². The van der Waals surface area contributed by atoms with Crippen molar-refractivity contribution in [2.24, 2.45) is 5.73 Å². The average molecular weight is 368 g/mol. The van der Waals surface area contributed by atoms with Crippen molar-refractivity contribution in [1.82, 2.24) is 9.55 Å². The molecule has 0 saturated carbocycles. The molecule has 24 heavy (non-hydrogen) atoms. The molecule has 0 aliphatic carbocycles. The average Bonchev–Trinajstić information content (AvgIpc) is 2.85. The molecule has 0 fully saturated rings. The van der Waals surface area contributed by atoms with Gasteiger partial charge in [-0.15, -0.1) is 0 Å². The Balaban J connectivity index is 2.29. The van der Waals surface area contributed by atoms with Crippen LogP contribution < -0.4 is 5.73 Å². The van der Waals surface area contributed by atoms with E-state index in [0.717, 1.165) is 11.8 Å². The first-order valence-corrected chi connectivity index (χ1v) is 9.06. The van der Waals surface area contributed by atoms with Gasteiger partial charge < -0.3 is 10.3 Å². The Morgan fingerprint density at radius 1 is 1.29 bits per heavy atom. The molecule has 8 heteroatoms. The van der Waals surface area contributed by atoms with Gasteiger partial charge in [-0.3, -0.25) is 0 Å². The van der Waals surface area contributed by atoms with E-state index in [1.165, 1.54) is 24.4 Å². The number of halogens is 2. The van der Waals surface area contributed by atoms with Crippen LogP contribution in [-0.4, -0.2) is 24.5 Å². The van der Waals surface area contributed by atoms with Crippen LogP contribution in [0.15, 0.2) is 46.5 Å². The van der Waals surface area contributed by atoms with E-state index >= 15 is 0 Å². The summed E-state index contributed by atoms with van der Waals surface area (Å²) in [6.07, 6.45) is 2.49. The van der Waals surface area contributed by atoms with Crippen LogP contribution in [0.25, 0.3) is 11.0 Å². The maximum Gasteiger partial charge on any atom is 0.208 e. The van der Waals surface area contributed by atoms with Crippen molar-refractivity contribution in [2.45, 2.75) is 23.3 Å². The van der Waals surface area contributed by atoms with Crippen LogP contribution in [0.5, 0.6) is 0 Å². The van der Waals surface area contributed by atoms with Gasteiger partial charge >= 0.3 is 0 Å². The molecule has 0 saturated heterocycles. The lowest BCUT2D eigenvalue weighted by atomic mass is 10.2. The number of aromatic nitrogens is 2. The third kappa shape index (κ3) is 2.90. The number of hydrogen-bond acceptors (Lipinski definition) is 4. The maximum atomic E-state index is 13.6. The van der Waals surface area contributed by atoms with E-state index in [1.807, 2.05) is 0 Å². The molecular weight excluding hydrogens is 353 g/mol. The van der Waals surface area contributed by atoms with Gasteiger partial charge in [0.1, 0.15) is 11.5 Å². The monoisotopic (exact) mass is 367 g/mol. The molecule has 3 rings (SSSR count). The Hall–Kier alpha value is -1.96. The van der Waals surface area contributed by atoms with Crippen molar-refractivity contribution >= 4 is 32.5 Å². The predicted molar refractivity (Wildman–Crippen MR) is 90.4 cm³/mol. The second kappa shape index (κ2) is 6.16. The fourth-order valence-corrected chi connectivity index (χ4v) is 4.56. The normalized spacial score (nSPS) is 12.0. The number of benzene rings is 1. The predicted octanol–water partition coefficient (Wildman–Crippen LogP) is 2.93. The summed E-state index contributed by atoms with van der Waals surface area (Å²) in [5.41, 5.74) is 6.65. The molecule has 0 spiro atoms. The molecule has 0 radical (unpaired) electrons. The van der Waals surface area contributed by atoms with Gasteiger partial charge in [-0.05, 0) is 36.8 Å². The molecule has 126 valence electrons. The first kappa shape index (κ1) is 16.9. The summed E-state index contributed by atoms with van der Waals surface area (Å²) in [6.45, 7) is 2.43. The van der Waals surface area contributed by atoms with Gasteiger partial charge in [0.2, 0.25) is 9.84 Å². The van der Waals surface area contributed by atoms with E-state index in [-0.39, 0.29) is 15.2 Å². The van der Waals surface area contributed by atoms with Gasteiger partial charge in [0.25, 0.3) is 0 Å². The Morgan fingerprint density at radius 3 is 2.71 bits per heavy atom. The summed E-state index contributed by atoms with van der Waals surface area (Å²) in [5, 5.41) is 0.546. The fourth-order valence-electron chi connectivity index (χ4n) is 2.62. The van der Waals surface area contributed by atoms with Crippen LogP contribution in [0.1, 0.15) is 5.56 Å². The largest absolute Gasteiger partial charge is 0.330 e. The van der Waals surface area contributed by atoms with E-state index in [0.29, 0.717) is 23.8 Å². The Morgan fingerprint density at radius 2 is 2.04 bits per heavy atom. The lowest BCUT2D eigenvalue weighted by molar-refractivity contribution is 0.596. The van der Waals surface area contributed by atoms with Gasteiger partial charge in [-0.1, -0.05) is 11.6 Å². The van der Waals surface area contributed by atoms with Crippen molar-refractivity contribution < 1.29 is 12.8 Å². The highest BCUT2D eigenvalue weighted by molar-refractivity contribution is 7.91. The second-order valence-corrected chi connectivity index (χ2v) is 7.82. The summed E-state index contributed by atoms with van der Waals surface area (Å²) in [4.78, 5) is 4.05. The number of fused-ring (bicyclic) bond motifs is 1. The number of pyridine rings is 1. The number of nitrogens with two attached hydrogens (primary N) is 1. The summed E-state index contributed by atoms with van der Waals surface area (Å²) in [6, 6.07) is 5.74. The van der Waals surface area contributed by atoms with Gasteiger partial charge in [-0.2, -0.15) is 0 Å². The van der Waals surface area contributed by atoms with Gasteiger partial charge in [-0.25, -0.2) is 17.8 Å². The number of nitrogens with zero attached hydrogens (tertiary/aromatic N) is 2. The van der Waals surface area contributed by atoms with Crippen molar-refractivity contribution in [3.63, 3.8) is 0 Å². The molecule has 0 bridgehead atoms. The van der Waals surface area contributed by atoms with E-state index in [4.69, 9.17) is 17.3 Å². The minimum absolute atomic E-state index is 0.0142. The zero-order chi connectivity index (χ0) is 17.5. The lowest BCUT2D eigenvalue weighted by Crippen LogP contribution is -2.09. The zero-order valence-electron chi connectivity index (χ0n) is 12.8. The smallest absolute Gasteiger partial charge is 0.208 e. The highest BCUT2D eigenvalue weighted by atomic mass is 35.5. The van der Waals surface area contributed by atoms with Gasteiger partial charge in [0.05, 0.1) is 16.0 Å². The van der Waals surface area contributed by atoms with Crippen LogP contribution in [0.3, 0.4) is 0 Å². The third-order valence-electron chi connectivity index (χ3n) is 3.63. The molecule has 5 nitrogen and oxygen atoms in total. The van der Waals surface area contributed by atoms with E-state index in [1.54, 1.807) is 17.6 Å². The van der Waals surface area contributed by atoms with Gasteiger partial charge in [0.15, 0.2) is 0 Å². The Kier molecular flexibility index (Phi) is 4.33. The molecule has 0 unspecified atom stereocenters. The highest BCUT2D eigenvalue weighted by Crippen LogP contribution is 2.31. The summed E-state index contributed by atoms with van der Waals surface area (Å²) in [7, 11) is -3.88. The molecule has 0 aliphatic heterocycles. The number of hydrogen-bond donors (Lipinski definition) is 1. The SMILES string of the molecule is Cc1cc(Cl)cc(S(=O)(=O)c2cn(CCN)c3ncc(F)cc23)c1. The van der Waals surface area contributed by atoms with E-state index in [2.05, 4.69) is 4.98 Å². The number of rotatable bonds is 4. The minimum atomic E-state index is -3.88. The topological polar surface area (TPSA) is 78.0 Å². The summed E-state index contributed by atoms with van der Waals surface area (Å²) in [5.74, 6) is -0.605. The molecule has 0 atom stereocenters. The second-order valence-electron chi connectivity index (χ2n) is 5.47. The number of sulfone groups is 1. The zero-order valence-corrected chi connectivity index (χ0v) is 14.4. The molecule has 0 aliphatic rings. The highest BCUT2D eigenvalue weighted by Gasteiger charge is 2.25. The molecule has 2 heterocycles. The maximum absolute atomic E-state index is 13.6. The van der Waals surface area contributed by atoms with Crippen molar-refractivity contribution in [3.8, 4) is 0 Å². The first-order valence-electron chi connectivity index (χ1n) is 7.19. The lowest BCUT2D eigenvalue weighted by Gasteiger charge is -2.05. The molecule has 0 amide bonds. The molecule has 2 N–H and O–H groups in total. The minimum Gasteiger partial charge on any atom is -0.330 e. The third-order valence-corrected chi connectivity index (χ3v) is 5.61. The quantitative estimate of drug-likeness (QED) is 0.769. The van der Waals surface area contributed by atoms with Crippen LogP contribution in [0.4, 0.5) is 4.39 Å². The van der Waals surface area contributed by atoms with Crippen LogP contribution in [0.2, 0.25) is 5.02 Å². The summed E-state index contributed by atoms with van der Waals surface area (Å²) < 4.78 is 41.3. The first-order chi connectivity index (χ1) is 11.3. The van der Waals surface area contributed by atoms with Crippen molar-refractivity contribution in [1.29, 1.82) is 0 Å². The van der Waals surface area contributed by atoms with Crippen LogP contribution in [-0.2, 0) is 16.4 Å². The molecule has 3 aromatic rings. The standard InChI is InChI=1S/C16H15ClFN3O2S/c1-10-4-11(17)6-13(5-10)24(22,23)15-9-21(3-2-19)16-14(15)7-12(18)8-20-16/h4-9H,2-3,19H2,1H3. The Bertz CT molecular complexity index is 1010. The van der Waals surface area contributed by atoms with Crippen LogP contribution >= 0.6 is 11.6 Å². The summed E-state index contributed by atoms with van der Waals surface area (Å²) >= 11 is 5.98. The van der Waals surface area contributed by atoms with E-state index in [9.17, 15) is 12.8 Å². The van der Waals surface area contributed by atoms with Gasteiger partial charge in [0, 0.05) is 29.7 Å². The van der Waals surface area contributed by atoms with Crippen molar-refractivity contribution in [2.75, 3.05) is 6.54 Å². The number of aryl methyl sites for hydroxylation is 1. The molecular formula is C16H15ClFN3O2S. The van der Waals surface area contributed by atoms with Crippen molar-refractivity contribution in [3.05, 3.63) is 53.1 Å². The Labute approximate surface area is 143 Å². The fraction of sp³-hybridized carbons (Fsp3) is 0.188.